The van der Waals surface area contributed by atoms with Crippen molar-refractivity contribution < 1.29 is 4.74 Å². The van der Waals surface area contributed by atoms with Crippen molar-refractivity contribution in [1.82, 2.24) is 9.97 Å². The molecule has 4 nitrogen and oxygen atoms in total. The van der Waals surface area contributed by atoms with Crippen LogP contribution < -0.4 is 0 Å². The van der Waals surface area contributed by atoms with E-state index in [1.54, 1.807) is 18.6 Å². The van der Waals surface area contributed by atoms with Gasteiger partial charge in [0.25, 0.3) is 0 Å². The smallest absolute Gasteiger partial charge is 0.0983 e. The number of benzene rings is 1. The Morgan fingerprint density at radius 1 is 0.958 bits per heavy atom. The first-order chi connectivity index (χ1) is 11.9. The topological polar surface area (TPSA) is 47.4 Å². The van der Waals surface area contributed by atoms with Crippen molar-refractivity contribution in [2.45, 2.75) is 12.6 Å². The van der Waals surface area contributed by atoms with Gasteiger partial charge >= 0.3 is 0 Å². The molecule has 0 saturated heterocycles. The fourth-order valence-electron chi connectivity index (χ4n) is 2.29. The predicted octanol–water partition coefficient (Wildman–Crippen LogP) is 3.85. The SMILES string of the molecule is C(=N[C@@H](COCc1cccnc1)c1ccccc1)c1ccccn1. The normalized spacial score (nSPS) is 12.3. The van der Waals surface area contributed by atoms with E-state index in [1.165, 1.54) is 0 Å². The summed E-state index contributed by atoms with van der Waals surface area (Å²) in [4.78, 5) is 13.0. The molecule has 0 unspecified atom stereocenters. The van der Waals surface area contributed by atoms with Gasteiger partial charge in [0.1, 0.15) is 0 Å². The summed E-state index contributed by atoms with van der Waals surface area (Å²) in [5.41, 5.74) is 3.01. The Hall–Kier alpha value is -2.85. The molecule has 0 N–H and O–H groups in total. The highest BCUT2D eigenvalue weighted by Gasteiger charge is 2.09. The Balaban J connectivity index is 1.67. The number of rotatable bonds is 7. The average molecular weight is 317 g/mol. The number of hydrogen-bond acceptors (Lipinski definition) is 4. The van der Waals surface area contributed by atoms with Crippen LogP contribution in [0.4, 0.5) is 0 Å². The summed E-state index contributed by atoms with van der Waals surface area (Å²) < 4.78 is 5.85. The lowest BCUT2D eigenvalue weighted by atomic mass is 10.1. The third-order valence-electron chi connectivity index (χ3n) is 3.53. The lowest BCUT2D eigenvalue weighted by Crippen LogP contribution is -2.07. The van der Waals surface area contributed by atoms with Gasteiger partial charge in [0.05, 0.1) is 24.9 Å². The zero-order chi connectivity index (χ0) is 16.5. The molecule has 3 aromatic rings. The molecule has 4 heteroatoms. The van der Waals surface area contributed by atoms with E-state index in [2.05, 4.69) is 27.1 Å². The van der Waals surface area contributed by atoms with Gasteiger partial charge in [-0.25, -0.2) is 0 Å². The van der Waals surface area contributed by atoms with Gasteiger partial charge in [-0.2, -0.15) is 0 Å². The molecule has 24 heavy (non-hydrogen) atoms. The van der Waals surface area contributed by atoms with Crippen molar-refractivity contribution in [2.24, 2.45) is 4.99 Å². The minimum Gasteiger partial charge on any atom is -0.374 e. The van der Waals surface area contributed by atoms with E-state index in [1.807, 2.05) is 54.7 Å². The van der Waals surface area contributed by atoms with E-state index in [4.69, 9.17) is 4.74 Å². The van der Waals surface area contributed by atoms with Crippen LogP contribution in [0.25, 0.3) is 0 Å². The number of hydrogen-bond donors (Lipinski definition) is 0. The zero-order valence-corrected chi connectivity index (χ0v) is 13.3. The van der Waals surface area contributed by atoms with E-state index in [0.29, 0.717) is 13.2 Å². The third kappa shape index (κ3) is 4.83. The van der Waals surface area contributed by atoms with Gasteiger partial charge in [-0.3, -0.25) is 15.0 Å². The van der Waals surface area contributed by atoms with Crippen LogP contribution in [0.3, 0.4) is 0 Å². The second-order valence-corrected chi connectivity index (χ2v) is 5.34. The Morgan fingerprint density at radius 2 is 1.83 bits per heavy atom. The molecule has 120 valence electrons. The van der Waals surface area contributed by atoms with Gasteiger partial charge in [0.2, 0.25) is 0 Å². The van der Waals surface area contributed by atoms with Crippen LogP contribution in [-0.2, 0) is 11.3 Å². The summed E-state index contributed by atoms with van der Waals surface area (Å²) in [6.07, 6.45) is 7.13. The van der Waals surface area contributed by atoms with Gasteiger partial charge in [-0.15, -0.1) is 0 Å². The molecule has 0 aliphatic rings. The fraction of sp³-hybridized carbons (Fsp3) is 0.150. The lowest BCUT2D eigenvalue weighted by Gasteiger charge is -2.13. The molecule has 1 atom stereocenters. The number of aromatic nitrogens is 2. The van der Waals surface area contributed by atoms with Crippen LogP contribution in [0.1, 0.15) is 22.9 Å². The predicted molar refractivity (Wildman–Crippen MR) is 94.9 cm³/mol. The van der Waals surface area contributed by atoms with Crippen LogP contribution >= 0.6 is 0 Å². The molecule has 0 aliphatic carbocycles. The second kappa shape index (κ2) is 8.70. The highest BCUT2D eigenvalue weighted by Crippen LogP contribution is 2.18. The molecule has 2 aromatic heterocycles. The van der Waals surface area contributed by atoms with E-state index in [-0.39, 0.29) is 6.04 Å². The summed E-state index contributed by atoms with van der Waals surface area (Å²) in [7, 11) is 0. The lowest BCUT2D eigenvalue weighted by molar-refractivity contribution is 0.108. The molecule has 0 spiro atoms. The van der Waals surface area contributed by atoms with Crippen LogP contribution in [-0.4, -0.2) is 22.8 Å². The van der Waals surface area contributed by atoms with Crippen LogP contribution in [0.2, 0.25) is 0 Å². The monoisotopic (exact) mass is 317 g/mol. The summed E-state index contributed by atoms with van der Waals surface area (Å²) in [6, 6.07) is 19.8. The number of pyridine rings is 2. The Labute approximate surface area is 141 Å². The first-order valence-corrected chi connectivity index (χ1v) is 7.87. The van der Waals surface area contributed by atoms with Crippen molar-refractivity contribution in [2.75, 3.05) is 6.61 Å². The summed E-state index contributed by atoms with van der Waals surface area (Å²) in [5.74, 6) is 0. The maximum Gasteiger partial charge on any atom is 0.0983 e. The average Bonchev–Trinajstić information content (AvgIpc) is 2.67. The zero-order valence-electron chi connectivity index (χ0n) is 13.3. The van der Waals surface area contributed by atoms with Gasteiger partial charge < -0.3 is 4.74 Å². The van der Waals surface area contributed by atoms with Gasteiger partial charge in [-0.05, 0) is 29.3 Å². The van der Waals surface area contributed by atoms with E-state index in [9.17, 15) is 0 Å². The summed E-state index contributed by atoms with van der Waals surface area (Å²) in [6.45, 7) is 1.03. The first kappa shape index (κ1) is 16.0. The Kier molecular flexibility index (Phi) is 5.81. The minimum atomic E-state index is -0.0649. The quantitative estimate of drug-likeness (QED) is 0.622. The molecule has 1 aromatic carbocycles. The second-order valence-electron chi connectivity index (χ2n) is 5.34. The van der Waals surface area contributed by atoms with E-state index in [0.717, 1.165) is 16.8 Å². The van der Waals surface area contributed by atoms with Crippen LogP contribution in [0, 0.1) is 0 Å². The maximum absolute atomic E-state index is 5.85. The maximum atomic E-state index is 5.85. The largest absolute Gasteiger partial charge is 0.374 e. The van der Waals surface area contributed by atoms with Crippen molar-refractivity contribution in [1.29, 1.82) is 0 Å². The summed E-state index contributed by atoms with van der Waals surface area (Å²) in [5, 5.41) is 0. The molecule has 0 radical (unpaired) electrons. The third-order valence-corrected chi connectivity index (χ3v) is 3.53. The standard InChI is InChI=1S/C20H19N3O/c1-2-8-18(9-3-1)20(23-14-19-10-4-5-12-22-19)16-24-15-17-7-6-11-21-13-17/h1-14,20H,15-16H2/t20-/m0/s1. The van der Waals surface area contributed by atoms with Gasteiger partial charge in [0.15, 0.2) is 0 Å². The summed E-state index contributed by atoms with van der Waals surface area (Å²) >= 11 is 0. The molecule has 0 aliphatic heterocycles. The number of ether oxygens (including phenoxy) is 1. The van der Waals surface area contributed by atoms with E-state index < -0.39 is 0 Å². The molecule has 2 heterocycles. The van der Waals surface area contributed by atoms with E-state index >= 15 is 0 Å². The molecule has 0 bridgehead atoms. The molecule has 0 fully saturated rings. The van der Waals surface area contributed by atoms with Crippen molar-refractivity contribution >= 4 is 6.21 Å². The van der Waals surface area contributed by atoms with Crippen molar-refractivity contribution in [3.63, 3.8) is 0 Å². The minimum absolute atomic E-state index is 0.0649. The molecule has 0 amide bonds. The first-order valence-electron chi connectivity index (χ1n) is 7.87. The Bertz CT molecular complexity index is 746. The van der Waals surface area contributed by atoms with Crippen LogP contribution in [0.5, 0.6) is 0 Å². The number of nitrogens with zero attached hydrogens (tertiary/aromatic N) is 3. The molecular formula is C20H19N3O. The van der Waals surface area contributed by atoms with Gasteiger partial charge in [0, 0.05) is 24.8 Å². The van der Waals surface area contributed by atoms with Crippen molar-refractivity contribution in [3.8, 4) is 0 Å². The Morgan fingerprint density at radius 3 is 2.58 bits per heavy atom. The fourth-order valence-corrected chi connectivity index (χ4v) is 2.29. The van der Waals surface area contributed by atoms with Gasteiger partial charge in [-0.1, -0.05) is 42.5 Å². The number of aliphatic imine (C=N–C) groups is 1. The highest BCUT2D eigenvalue weighted by molar-refractivity contribution is 5.76. The highest BCUT2D eigenvalue weighted by atomic mass is 16.5. The molecule has 0 saturated carbocycles. The van der Waals surface area contributed by atoms with Crippen LogP contribution in [0.15, 0.2) is 84.2 Å². The molecular weight excluding hydrogens is 298 g/mol. The molecule has 3 rings (SSSR count). The van der Waals surface area contributed by atoms with Crippen molar-refractivity contribution in [3.05, 3.63) is 96.1 Å².